The summed E-state index contributed by atoms with van der Waals surface area (Å²) < 4.78 is 2.07. The molecular formula is C23H20N4O2S. The largest absolute Gasteiger partial charge is 0.366 e. The smallest absolute Gasteiger partial charge is 0.248 e. The average molecular weight is 417 g/mol. The number of primary amides is 1. The van der Waals surface area contributed by atoms with Gasteiger partial charge in [0.15, 0.2) is 5.16 Å². The van der Waals surface area contributed by atoms with Crippen molar-refractivity contribution in [3.8, 4) is 5.69 Å². The third-order valence-electron chi connectivity index (χ3n) is 4.58. The number of nitrogens with one attached hydrogen (secondary N) is 1. The number of hydrogen-bond acceptors (Lipinski definition) is 4. The van der Waals surface area contributed by atoms with Crippen molar-refractivity contribution < 1.29 is 9.59 Å². The SMILES string of the molecule is Cc1cccc(-n2c(SCC(=O)Nc3ccc(C(N)=O)cc3)nc3ccccc32)c1. The van der Waals surface area contributed by atoms with E-state index in [4.69, 9.17) is 10.7 Å². The number of rotatable bonds is 6. The normalized spacial score (nSPS) is 10.8. The van der Waals surface area contributed by atoms with E-state index in [9.17, 15) is 9.59 Å². The van der Waals surface area contributed by atoms with Crippen LogP contribution in [0, 0.1) is 6.92 Å². The number of hydrogen-bond donors (Lipinski definition) is 2. The molecule has 0 radical (unpaired) electrons. The number of aromatic nitrogens is 2. The van der Waals surface area contributed by atoms with Crippen LogP contribution in [0.2, 0.25) is 0 Å². The summed E-state index contributed by atoms with van der Waals surface area (Å²) >= 11 is 1.37. The third-order valence-corrected chi connectivity index (χ3v) is 5.51. The Balaban J connectivity index is 1.54. The maximum absolute atomic E-state index is 12.5. The number of anilines is 1. The van der Waals surface area contributed by atoms with Crippen molar-refractivity contribution in [2.75, 3.05) is 11.1 Å². The molecule has 3 aromatic carbocycles. The molecule has 0 atom stereocenters. The Hall–Kier alpha value is -3.58. The van der Waals surface area contributed by atoms with Gasteiger partial charge in [0, 0.05) is 16.9 Å². The van der Waals surface area contributed by atoms with Gasteiger partial charge >= 0.3 is 0 Å². The zero-order valence-electron chi connectivity index (χ0n) is 16.3. The van der Waals surface area contributed by atoms with E-state index in [1.807, 2.05) is 49.4 Å². The molecule has 1 heterocycles. The van der Waals surface area contributed by atoms with Gasteiger partial charge in [-0.2, -0.15) is 0 Å². The molecule has 0 unspecified atom stereocenters. The van der Waals surface area contributed by atoms with Crippen LogP contribution >= 0.6 is 11.8 Å². The minimum atomic E-state index is -0.501. The molecule has 4 aromatic rings. The number of para-hydroxylation sites is 2. The number of thioether (sulfide) groups is 1. The number of imidazole rings is 1. The molecule has 0 fully saturated rings. The van der Waals surface area contributed by atoms with Crippen LogP contribution < -0.4 is 11.1 Å². The summed E-state index contributed by atoms with van der Waals surface area (Å²) in [5, 5.41) is 3.58. The Morgan fingerprint density at radius 2 is 1.80 bits per heavy atom. The Labute approximate surface area is 178 Å². The van der Waals surface area contributed by atoms with E-state index in [0.29, 0.717) is 11.3 Å². The van der Waals surface area contributed by atoms with Gasteiger partial charge in [0.25, 0.3) is 0 Å². The Morgan fingerprint density at radius 3 is 2.53 bits per heavy atom. The third kappa shape index (κ3) is 4.21. The first-order chi connectivity index (χ1) is 14.5. The first-order valence-corrected chi connectivity index (χ1v) is 10.4. The van der Waals surface area contributed by atoms with Gasteiger partial charge in [0.1, 0.15) is 0 Å². The minimum absolute atomic E-state index is 0.158. The van der Waals surface area contributed by atoms with Crippen LogP contribution in [0.5, 0.6) is 0 Å². The topological polar surface area (TPSA) is 90.0 Å². The predicted octanol–water partition coefficient (Wildman–Crippen LogP) is 4.16. The van der Waals surface area contributed by atoms with Crippen molar-refractivity contribution >= 4 is 40.3 Å². The maximum atomic E-state index is 12.5. The summed E-state index contributed by atoms with van der Waals surface area (Å²) in [5.74, 6) is -0.458. The first-order valence-electron chi connectivity index (χ1n) is 9.38. The fourth-order valence-electron chi connectivity index (χ4n) is 3.16. The van der Waals surface area contributed by atoms with Crippen molar-refractivity contribution in [3.05, 3.63) is 83.9 Å². The average Bonchev–Trinajstić information content (AvgIpc) is 3.11. The summed E-state index contributed by atoms with van der Waals surface area (Å²) in [5.41, 5.74) is 10.3. The van der Waals surface area contributed by atoms with Crippen molar-refractivity contribution in [3.63, 3.8) is 0 Å². The molecule has 2 amide bonds. The number of aryl methyl sites for hydroxylation is 1. The van der Waals surface area contributed by atoms with E-state index in [2.05, 4.69) is 16.0 Å². The van der Waals surface area contributed by atoms with Gasteiger partial charge in [-0.05, 0) is 61.0 Å². The summed E-state index contributed by atoms with van der Waals surface area (Å²) in [7, 11) is 0. The van der Waals surface area contributed by atoms with Crippen molar-refractivity contribution in [2.24, 2.45) is 5.73 Å². The number of amides is 2. The Kier molecular flexibility index (Phi) is 5.54. The maximum Gasteiger partial charge on any atom is 0.248 e. The van der Waals surface area contributed by atoms with Gasteiger partial charge in [-0.1, -0.05) is 36.0 Å². The predicted molar refractivity (Wildman–Crippen MR) is 120 cm³/mol. The van der Waals surface area contributed by atoms with Gasteiger partial charge < -0.3 is 11.1 Å². The van der Waals surface area contributed by atoms with Crippen LogP contribution in [-0.4, -0.2) is 27.1 Å². The van der Waals surface area contributed by atoms with Gasteiger partial charge in [0.05, 0.1) is 16.8 Å². The van der Waals surface area contributed by atoms with E-state index in [0.717, 1.165) is 27.4 Å². The van der Waals surface area contributed by atoms with Crippen LogP contribution in [0.15, 0.2) is 78.0 Å². The quantitative estimate of drug-likeness (QED) is 0.462. The number of nitrogens with two attached hydrogens (primary N) is 1. The van der Waals surface area contributed by atoms with Gasteiger partial charge in [0.2, 0.25) is 11.8 Å². The van der Waals surface area contributed by atoms with Crippen LogP contribution in [0.1, 0.15) is 15.9 Å². The molecule has 0 aliphatic heterocycles. The fraction of sp³-hybridized carbons (Fsp3) is 0.0870. The molecule has 6 nitrogen and oxygen atoms in total. The molecule has 0 saturated carbocycles. The van der Waals surface area contributed by atoms with Gasteiger partial charge in [-0.3, -0.25) is 14.2 Å². The molecule has 0 aliphatic carbocycles. The number of fused-ring (bicyclic) bond motifs is 1. The van der Waals surface area contributed by atoms with Crippen LogP contribution in [-0.2, 0) is 4.79 Å². The number of benzene rings is 3. The Bertz CT molecular complexity index is 1230. The molecule has 0 bridgehead atoms. The second-order valence-corrected chi connectivity index (χ2v) is 7.78. The first kappa shape index (κ1) is 19.7. The van der Waals surface area contributed by atoms with Crippen molar-refractivity contribution in [1.29, 1.82) is 0 Å². The van der Waals surface area contributed by atoms with Crippen molar-refractivity contribution in [1.82, 2.24) is 9.55 Å². The van der Waals surface area contributed by atoms with Crippen LogP contribution in [0.4, 0.5) is 5.69 Å². The molecule has 0 saturated heterocycles. The summed E-state index contributed by atoms with van der Waals surface area (Å²) in [6.45, 7) is 2.05. The molecule has 7 heteroatoms. The molecule has 3 N–H and O–H groups in total. The van der Waals surface area contributed by atoms with E-state index in [1.54, 1.807) is 24.3 Å². The highest BCUT2D eigenvalue weighted by atomic mass is 32.2. The van der Waals surface area contributed by atoms with E-state index < -0.39 is 5.91 Å². The molecule has 30 heavy (non-hydrogen) atoms. The lowest BCUT2D eigenvalue weighted by atomic mass is 10.2. The molecule has 0 aliphatic rings. The second-order valence-electron chi connectivity index (χ2n) is 6.84. The minimum Gasteiger partial charge on any atom is -0.366 e. The standard InChI is InChI=1S/C23H20N4O2S/c1-15-5-4-6-18(13-15)27-20-8-3-2-7-19(20)26-23(27)30-14-21(28)25-17-11-9-16(10-12-17)22(24)29/h2-13H,14H2,1H3,(H2,24,29)(H,25,28). The lowest BCUT2D eigenvalue weighted by Gasteiger charge is -2.10. The summed E-state index contributed by atoms with van der Waals surface area (Å²) in [6.07, 6.45) is 0. The zero-order chi connectivity index (χ0) is 21.1. The lowest BCUT2D eigenvalue weighted by molar-refractivity contribution is -0.113. The van der Waals surface area contributed by atoms with Gasteiger partial charge in [-0.15, -0.1) is 0 Å². The highest BCUT2D eigenvalue weighted by Gasteiger charge is 2.14. The van der Waals surface area contributed by atoms with Crippen molar-refractivity contribution in [2.45, 2.75) is 12.1 Å². The highest BCUT2D eigenvalue weighted by Crippen LogP contribution is 2.28. The fourth-order valence-corrected chi connectivity index (χ4v) is 3.99. The lowest BCUT2D eigenvalue weighted by Crippen LogP contribution is -2.15. The van der Waals surface area contributed by atoms with E-state index in [1.165, 1.54) is 11.8 Å². The van der Waals surface area contributed by atoms with Crippen LogP contribution in [0.25, 0.3) is 16.7 Å². The zero-order valence-corrected chi connectivity index (χ0v) is 17.1. The summed E-state index contributed by atoms with van der Waals surface area (Å²) in [4.78, 5) is 28.3. The number of carbonyl (C=O) groups is 2. The van der Waals surface area contributed by atoms with E-state index >= 15 is 0 Å². The molecule has 0 spiro atoms. The van der Waals surface area contributed by atoms with Crippen LogP contribution in [0.3, 0.4) is 0 Å². The second kappa shape index (κ2) is 8.42. The van der Waals surface area contributed by atoms with Gasteiger partial charge in [-0.25, -0.2) is 4.98 Å². The molecule has 4 rings (SSSR count). The molecule has 150 valence electrons. The molecular weight excluding hydrogens is 396 g/mol. The monoisotopic (exact) mass is 416 g/mol. The summed E-state index contributed by atoms with van der Waals surface area (Å²) in [6, 6.07) is 22.6. The molecule has 1 aromatic heterocycles. The number of nitrogens with zero attached hydrogens (tertiary/aromatic N) is 2. The Morgan fingerprint density at radius 1 is 1.03 bits per heavy atom. The van der Waals surface area contributed by atoms with E-state index in [-0.39, 0.29) is 11.7 Å². The number of carbonyl (C=O) groups excluding carboxylic acids is 2. The highest BCUT2D eigenvalue weighted by molar-refractivity contribution is 7.99.